The molecule has 96 valence electrons. The Hall–Kier alpha value is -2.04. The highest BCUT2D eigenvalue weighted by Crippen LogP contribution is 2.40. The smallest absolute Gasteiger partial charge is 0.335 e. The van der Waals surface area contributed by atoms with Gasteiger partial charge in [-0.15, -0.1) is 0 Å². The summed E-state index contributed by atoms with van der Waals surface area (Å²) in [6.07, 6.45) is 0.913. The van der Waals surface area contributed by atoms with Crippen molar-refractivity contribution < 1.29 is 14.7 Å². The van der Waals surface area contributed by atoms with E-state index in [4.69, 9.17) is 10.8 Å². The van der Waals surface area contributed by atoms with Gasteiger partial charge in [0.2, 0.25) is 5.91 Å². The van der Waals surface area contributed by atoms with E-state index in [-0.39, 0.29) is 17.4 Å². The molecule has 0 spiro atoms. The zero-order chi connectivity index (χ0) is 13.4. The van der Waals surface area contributed by atoms with Crippen LogP contribution in [0.2, 0.25) is 0 Å². The molecule has 3 N–H and O–H groups in total. The van der Waals surface area contributed by atoms with Crippen LogP contribution in [0.3, 0.4) is 0 Å². The van der Waals surface area contributed by atoms with Crippen molar-refractivity contribution >= 4 is 23.3 Å². The van der Waals surface area contributed by atoms with Crippen LogP contribution in [0.4, 0.5) is 11.4 Å². The maximum absolute atomic E-state index is 12.0. The third-order valence-electron chi connectivity index (χ3n) is 3.39. The Morgan fingerprint density at radius 1 is 1.44 bits per heavy atom. The molecule has 1 aliphatic carbocycles. The number of carbonyl (C=O) groups excluding carboxylic acids is 1. The van der Waals surface area contributed by atoms with Gasteiger partial charge in [-0.2, -0.15) is 0 Å². The van der Waals surface area contributed by atoms with Crippen LogP contribution in [-0.2, 0) is 4.79 Å². The van der Waals surface area contributed by atoms with Crippen molar-refractivity contribution in [1.82, 2.24) is 0 Å². The van der Waals surface area contributed by atoms with Crippen molar-refractivity contribution in [3.05, 3.63) is 23.8 Å². The standard InChI is InChI=1S/C13H16N2O3/c1-7-5-9(7)12(16)15(2)11-4-3-8(13(17)18)6-10(11)14/h3-4,6-7,9H,5,14H2,1-2H3,(H,17,18). The van der Waals surface area contributed by atoms with Crippen LogP contribution in [0.15, 0.2) is 18.2 Å². The van der Waals surface area contributed by atoms with E-state index >= 15 is 0 Å². The van der Waals surface area contributed by atoms with Gasteiger partial charge in [-0.05, 0) is 30.5 Å². The number of carboxylic acids is 1. The van der Waals surface area contributed by atoms with E-state index in [1.54, 1.807) is 13.1 Å². The van der Waals surface area contributed by atoms with Crippen LogP contribution in [-0.4, -0.2) is 24.0 Å². The summed E-state index contributed by atoms with van der Waals surface area (Å²) in [4.78, 5) is 24.3. The molecule has 0 aromatic heterocycles. The number of carboxylic acid groups (broad SMARTS) is 1. The molecular weight excluding hydrogens is 232 g/mol. The Morgan fingerprint density at radius 3 is 2.50 bits per heavy atom. The van der Waals surface area contributed by atoms with Crippen molar-refractivity contribution in [2.75, 3.05) is 17.7 Å². The van der Waals surface area contributed by atoms with Crippen molar-refractivity contribution in [3.8, 4) is 0 Å². The second kappa shape index (κ2) is 4.33. The Labute approximate surface area is 105 Å². The van der Waals surface area contributed by atoms with Crippen molar-refractivity contribution in [2.45, 2.75) is 13.3 Å². The van der Waals surface area contributed by atoms with Gasteiger partial charge in [0.1, 0.15) is 0 Å². The fourth-order valence-electron chi connectivity index (χ4n) is 2.03. The van der Waals surface area contributed by atoms with Crippen LogP contribution in [0.25, 0.3) is 0 Å². The molecular formula is C13H16N2O3. The summed E-state index contributed by atoms with van der Waals surface area (Å²) in [5.41, 5.74) is 6.78. The number of amides is 1. The topological polar surface area (TPSA) is 83.6 Å². The van der Waals surface area contributed by atoms with Crippen LogP contribution in [0, 0.1) is 11.8 Å². The number of nitrogens with two attached hydrogens (primary N) is 1. The normalized spacial score (nSPS) is 21.4. The SMILES string of the molecule is CC1CC1C(=O)N(C)c1ccc(C(=O)O)cc1N. The average Bonchev–Trinajstić information content (AvgIpc) is 3.04. The maximum Gasteiger partial charge on any atom is 0.335 e. The molecule has 2 unspecified atom stereocenters. The largest absolute Gasteiger partial charge is 0.478 e. The number of nitrogens with zero attached hydrogens (tertiary/aromatic N) is 1. The molecule has 0 radical (unpaired) electrons. The molecule has 1 aromatic carbocycles. The van der Waals surface area contributed by atoms with Gasteiger partial charge in [-0.25, -0.2) is 4.79 Å². The molecule has 1 amide bonds. The van der Waals surface area contributed by atoms with Gasteiger partial charge in [0, 0.05) is 13.0 Å². The lowest BCUT2D eigenvalue weighted by molar-refractivity contribution is -0.119. The van der Waals surface area contributed by atoms with Gasteiger partial charge in [0.05, 0.1) is 16.9 Å². The Morgan fingerprint density at radius 2 is 2.06 bits per heavy atom. The number of rotatable bonds is 3. The minimum atomic E-state index is -1.03. The molecule has 0 aliphatic heterocycles. The second-order valence-corrected chi connectivity index (χ2v) is 4.80. The van der Waals surface area contributed by atoms with Crippen LogP contribution >= 0.6 is 0 Å². The van der Waals surface area contributed by atoms with E-state index in [2.05, 4.69) is 0 Å². The number of aromatic carboxylic acids is 1. The predicted octanol–water partition coefficient (Wildman–Crippen LogP) is 1.59. The van der Waals surface area contributed by atoms with E-state index in [1.165, 1.54) is 17.0 Å². The summed E-state index contributed by atoms with van der Waals surface area (Å²) >= 11 is 0. The zero-order valence-corrected chi connectivity index (χ0v) is 10.4. The van der Waals surface area contributed by atoms with Gasteiger partial charge in [-0.1, -0.05) is 6.92 Å². The molecule has 0 heterocycles. The lowest BCUT2D eigenvalue weighted by atomic mass is 10.1. The van der Waals surface area contributed by atoms with E-state index < -0.39 is 5.97 Å². The summed E-state index contributed by atoms with van der Waals surface area (Å²) in [5, 5.41) is 8.84. The van der Waals surface area contributed by atoms with Gasteiger partial charge >= 0.3 is 5.97 Å². The molecule has 1 saturated carbocycles. The third-order valence-corrected chi connectivity index (χ3v) is 3.39. The van der Waals surface area contributed by atoms with E-state index in [0.29, 0.717) is 17.3 Å². The van der Waals surface area contributed by atoms with Gasteiger partial charge < -0.3 is 15.7 Å². The molecule has 2 atom stereocenters. The molecule has 1 aromatic rings. The number of nitrogen functional groups attached to an aromatic ring is 1. The zero-order valence-electron chi connectivity index (χ0n) is 10.4. The number of benzene rings is 1. The predicted molar refractivity (Wildman–Crippen MR) is 68.5 cm³/mol. The Balaban J connectivity index is 2.23. The highest BCUT2D eigenvalue weighted by atomic mass is 16.4. The molecule has 0 bridgehead atoms. The van der Waals surface area contributed by atoms with E-state index in [1.807, 2.05) is 6.92 Å². The minimum Gasteiger partial charge on any atom is -0.478 e. The second-order valence-electron chi connectivity index (χ2n) is 4.80. The van der Waals surface area contributed by atoms with Gasteiger partial charge in [0.15, 0.2) is 0 Å². The lowest BCUT2D eigenvalue weighted by Gasteiger charge is -2.19. The highest BCUT2D eigenvalue weighted by molar-refractivity contribution is 6.00. The number of anilines is 2. The molecule has 1 fully saturated rings. The van der Waals surface area contributed by atoms with E-state index in [9.17, 15) is 9.59 Å². The average molecular weight is 248 g/mol. The summed E-state index contributed by atoms with van der Waals surface area (Å²) in [7, 11) is 1.67. The first-order valence-corrected chi connectivity index (χ1v) is 5.82. The summed E-state index contributed by atoms with van der Waals surface area (Å²) in [6, 6.07) is 4.40. The van der Waals surface area contributed by atoms with Crippen LogP contribution in [0.5, 0.6) is 0 Å². The fraction of sp³-hybridized carbons (Fsp3) is 0.385. The first-order chi connectivity index (χ1) is 8.41. The monoisotopic (exact) mass is 248 g/mol. The summed E-state index contributed by atoms with van der Waals surface area (Å²) < 4.78 is 0. The number of hydrogen-bond acceptors (Lipinski definition) is 3. The highest BCUT2D eigenvalue weighted by Gasteiger charge is 2.41. The summed E-state index contributed by atoms with van der Waals surface area (Å²) in [5.74, 6) is -0.483. The molecule has 0 saturated heterocycles. The first kappa shape index (κ1) is 12.4. The number of carbonyl (C=O) groups is 2. The van der Waals surface area contributed by atoms with Gasteiger partial charge in [0.25, 0.3) is 0 Å². The fourth-order valence-corrected chi connectivity index (χ4v) is 2.03. The molecule has 2 rings (SSSR count). The van der Waals surface area contributed by atoms with Gasteiger partial charge in [-0.3, -0.25) is 4.79 Å². The molecule has 5 nitrogen and oxygen atoms in total. The van der Waals surface area contributed by atoms with Crippen molar-refractivity contribution in [1.29, 1.82) is 0 Å². The molecule has 1 aliphatic rings. The third kappa shape index (κ3) is 2.16. The lowest BCUT2D eigenvalue weighted by Crippen LogP contribution is -2.29. The Bertz CT molecular complexity index is 513. The Kier molecular flexibility index (Phi) is 2.98. The summed E-state index contributed by atoms with van der Waals surface area (Å²) in [6.45, 7) is 2.04. The van der Waals surface area contributed by atoms with Crippen molar-refractivity contribution in [2.24, 2.45) is 11.8 Å². The first-order valence-electron chi connectivity index (χ1n) is 5.82. The van der Waals surface area contributed by atoms with E-state index in [0.717, 1.165) is 6.42 Å². The minimum absolute atomic E-state index is 0.0391. The van der Waals surface area contributed by atoms with Crippen LogP contribution < -0.4 is 10.6 Å². The van der Waals surface area contributed by atoms with Crippen molar-refractivity contribution in [3.63, 3.8) is 0 Å². The van der Waals surface area contributed by atoms with Crippen LogP contribution in [0.1, 0.15) is 23.7 Å². The quantitative estimate of drug-likeness (QED) is 0.795. The molecule has 5 heteroatoms. The molecule has 18 heavy (non-hydrogen) atoms. The maximum atomic E-state index is 12.0. The number of hydrogen-bond donors (Lipinski definition) is 2.